The molecule has 1 aromatic rings. The number of nitrogens with zero attached hydrogens (tertiary/aromatic N) is 1. The fourth-order valence-corrected chi connectivity index (χ4v) is 3.09. The van der Waals surface area contributed by atoms with Gasteiger partial charge in [0.25, 0.3) is 0 Å². The summed E-state index contributed by atoms with van der Waals surface area (Å²) >= 11 is 0. The summed E-state index contributed by atoms with van der Waals surface area (Å²) in [7, 11) is 0. The van der Waals surface area contributed by atoms with Crippen LogP contribution in [0.15, 0.2) is 24.3 Å². The predicted octanol–water partition coefficient (Wildman–Crippen LogP) is 3.11. The Morgan fingerprint density at radius 2 is 1.90 bits per heavy atom. The monoisotopic (exact) mass is 291 g/mol. The third-order valence-corrected chi connectivity index (χ3v) is 4.31. The smallest absolute Gasteiger partial charge is 0.123 e. The van der Waals surface area contributed by atoms with Gasteiger partial charge >= 0.3 is 0 Å². The van der Waals surface area contributed by atoms with E-state index in [1.807, 2.05) is 6.07 Å². The van der Waals surface area contributed by atoms with Crippen LogP contribution < -0.4 is 4.74 Å². The molecule has 0 aromatic heterocycles. The van der Waals surface area contributed by atoms with Crippen LogP contribution >= 0.6 is 0 Å². The molecule has 1 saturated heterocycles. The van der Waals surface area contributed by atoms with Crippen LogP contribution in [0.2, 0.25) is 0 Å². The zero-order valence-corrected chi connectivity index (χ0v) is 13.6. The van der Waals surface area contributed by atoms with E-state index in [1.165, 1.54) is 5.56 Å². The van der Waals surface area contributed by atoms with E-state index in [0.29, 0.717) is 12.5 Å². The number of aryl methyl sites for hydroxylation is 1. The molecule has 3 heteroatoms. The van der Waals surface area contributed by atoms with Gasteiger partial charge in [0, 0.05) is 13.2 Å². The van der Waals surface area contributed by atoms with Crippen molar-refractivity contribution >= 4 is 0 Å². The Morgan fingerprint density at radius 3 is 2.52 bits per heavy atom. The molecule has 1 heterocycles. The minimum atomic E-state index is -0.197. The predicted molar refractivity (Wildman–Crippen MR) is 86.8 cm³/mol. The summed E-state index contributed by atoms with van der Waals surface area (Å²) < 4.78 is 6.29. The van der Waals surface area contributed by atoms with Crippen molar-refractivity contribution in [3.8, 4) is 5.75 Å². The number of piperidine rings is 1. The van der Waals surface area contributed by atoms with Crippen molar-refractivity contribution in [2.75, 3.05) is 26.2 Å². The molecule has 0 radical (unpaired) electrons. The minimum absolute atomic E-state index is 0.197. The van der Waals surface area contributed by atoms with Crippen molar-refractivity contribution in [2.45, 2.75) is 45.6 Å². The number of hydrogen-bond acceptors (Lipinski definition) is 3. The zero-order valence-electron chi connectivity index (χ0n) is 13.6. The molecule has 118 valence electrons. The van der Waals surface area contributed by atoms with E-state index in [4.69, 9.17) is 4.74 Å². The molecule has 1 fully saturated rings. The van der Waals surface area contributed by atoms with Crippen molar-refractivity contribution in [1.29, 1.82) is 0 Å². The fraction of sp³-hybridized carbons (Fsp3) is 0.667. The van der Waals surface area contributed by atoms with Gasteiger partial charge in [0.05, 0.1) is 0 Å². The molecule has 0 unspecified atom stereocenters. The van der Waals surface area contributed by atoms with Crippen LogP contribution in [0.4, 0.5) is 0 Å². The van der Waals surface area contributed by atoms with Crippen LogP contribution in [0.25, 0.3) is 0 Å². The Bertz CT molecular complexity index is 437. The van der Waals surface area contributed by atoms with Gasteiger partial charge in [-0.05, 0) is 63.7 Å². The highest BCUT2D eigenvalue weighted by Gasteiger charge is 2.27. The average Bonchev–Trinajstić information content (AvgIpc) is 2.47. The first-order valence-electron chi connectivity index (χ1n) is 8.14. The summed E-state index contributed by atoms with van der Waals surface area (Å²) in [5.74, 6) is 1.50. The summed E-state index contributed by atoms with van der Waals surface area (Å²) in [6.45, 7) is 9.88. The Balaban J connectivity index is 1.92. The lowest BCUT2D eigenvalue weighted by atomic mass is 9.96. The number of hydrogen-bond donors (Lipinski definition) is 1. The summed E-state index contributed by atoms with van der Waals surface area (Å²) in [5, 5.41) is 9.22. The third-order valence-electron chi connectivity index (χ3n) is 4.31. The molecule has 0 bridgehead atoms. The lowest BCUT2D eigenvalue weighted by Gasteiger charge is -2.37. The SMILES string of the molecule is CCc1ccccc1OC(C)(C)CN1CCC(CO)CC1. The van der Waals surface area contributed by atoms with Crippen molar-refractivity contribution in [3.05, 3.63) is 29.8 Å². The summed E-state index contributed by atoms with van der Waals surface area (Å²) in [4.78, 5) is 2.46. The molecule has 0 saturated carbocycles. The summed E-state index contributed by atoms with van der Waals surface area (Å²) in [6, 6.07) is 8.31. The van der Waals surface area contributed by atoms with E-state index in [0.717, 1.165) is 44.6 Å². The topological polar surface area (TPSA) is 32.7 Å². The number of benzene rings is 1. The highest BCUT2D eigenvalue weighted by atomic mass is 16.5. The van der Waals surface area contributed by atoms with Gasteiger partial charge in [-0.25, -0.2) is 0 Å². The van der Waals surface area contributed by atoms with Crippen molar-refractivity contribution in [2.24, 2.45) is 5.92 Å². The maximum absolute atomic E-state index is 9.22. The minimum Gasteiger partial charge on any atom is -0.486 e. The fourth-order valence-electron chi connectivity index (χ4n) is 3.09. The highest BCUT2D eigenvalue weighted by Crippen LogP contribution is 2.25. The number of likely N-dealkylation sites (tertiary alicyclic amines) is 1. The molecule has 21 heavy (non-hydrogen) atoms. The van der Waals surface area contributed by atoms with Crippen molar-refractivity contribution in [3.63, 3.8) is 0 Å². The molecule has 0 atom stereocenters. The van der Waals surface area contributed by atoms with E-state index in [1.54, 1.807) is 0 Å². The van der Waals surface area contributed by atoms with Crippen LogP contribution in [0, 0.1) is 5.92 Å². The maximum Gasteiger partial charge on any atom is 0.123 e. The van der Waals surface area contributed by atoms with Gasteiger partial charge in [0.15, 0.2) is 0 Å². The summed E-state index contributed by atoms with van der Waals surface area (Å²) in [6.07, 6.45) is 3.18. The van der Waals surface area contributed by atoms with E-state index in [9.17, 15) is 5.11 Å². The van der Waals surface area contributed by atoms with Gasteiger partial charge < -0.3 is 9.84 Å². The van der Waals surface area contributed by atoms with Gasteiger partial charge in [-0.3, -0.25) is 4.90 Å². The summed E-state index contributed by atoms with van der Waals surface area (Å²) in [5.41, 5.74) is 1.07. The average molecular weight is 291 g/mol. The molecule has 2 rings (SSSR count). The van der Waals surface area contributed by atoms with Gasteiger partial charge in [-0.2, -0.15) is 0 Å². The van der Waals surface area contributed by atoms with Crippen LogP contribution in [0.5, 0.6) is 5.75 Å². The van der Waals surface area contributed by atoms with E-state index >= 15 is 0 Å². The first-order valence-corrected chi connectivity index (χ1v) is 8.14. The second-order valence-corrected chi connectivity index (χ2v) is 6.73. The van der Waals surface area contributed by atoms with E-state index in [-0.39, 0.29) is 5.60 Å². The normalized spacial score (nSPS) is 17.9. The number of aliphatic hydroxyl groups is 1. The molecule has 0 amide bonds. The molecule has 1 aliphatic rings. The van der Waals surface area contributed by atoms with Crippen LogP contribution in [-0.4, -0.2) is 41.8 Å². The lowest BCUT2D eigenvalue weighted by molar-refractivity contribution is 0.0382. The van der Waals surface area contributed by atoms with E-state index in [2.05, 4.69) is 43.9 Å². The zero-order chi connectivity index (χ0) is 15.3. The van der Waals surface area contributed by atoms with Gasteiger partial charge in [-0.15, -0.1) is 0 Å². The Hall–Kier alpha value is -1.06. The molecular weight excluding hydrogens is 262 g/mol. The van der Waals surface area contributed by atoms with Crippen molar-refractivity contribution in [1.82, 2.24) is 4.90 Å². The quantitative estimate of drug-likeness (QED) is 0.874. The molecule has 1 N–H and O–H groups in total. The van der Waals surface area contributed by atoms with Crippen LogP contribution in [0.1, 0.15) is 39.2 Å². The van der Waals surface area contributed by atoms with Crippen LogP contribution in [-0.2, 0) is 6.42 Å². The second kappa shape index (κ2) is 7.28. The molecule has 1 aromatic carbocycles. The van der Waals surface area contributed by atoms with Gasteiger partial charge in [0.2, 0.25) is 0 Å². The molecular formula is C18H29NO2. The highest BCUT2D eigenvalue weighted by molar-refractivity contribution is 5.33. The Labute approximate surface area is 128 Å². The van der Waals surface area contributed by atoms with Gasteiger partial charge in [0.1, 0.15) is 11.4 Å². The number of para-hydroxylation sites is 1. The van der Waals surface area contributed by atoms with E-state index < -0.39 is 0 Å². The Morgan fingerprint density at radius 1 is 1.24 bits per heavy atom. The first kappa shape index (κ1) is 16.3. The Kier molecular flexibility index (Phi) is 5.65. The standard InChI is InChI=1S/C18H29NO2/c1-4-16-7-5-6-8-17(16)21-18(2,3)14-19-11-9-15(13-20)10-12-19/h5-8,15,20H,4,9-14H2,1-3H3. The lowest BCUT2D eigenvalue weighted by Crippen LogP contribution is -2.46. The third kappa shape index (κ3) is 4.72. The molecule has 3 nitrogen and oxygen atoms in total. The number of ether oxygens (including phenoxy) is 1. The largest absolute Gasteiger partial charge is 0.486 e. The maximum atomic E-state index is 9.22. The number of aliphatic hydroxyl groups excluding tert-OH is 1. The molecule has 0 aliphatic carbocycles. The molecule has 0 spiro atoms. The van der Waals surface area contributed by atoms with Gasteiger partial charge in [-0.1, -0.05) is 25.1 Å². The van der Waals surface area contributed by atoms with Crippen LogP contribution in [0.3, 0.4) is 0 Å². The second-order valence-electron chi connectivity index (χ2n) is 6.73. The molecule has 1 aliphatic heterocycles. The number of rotatable bonds is 6. The first-order chi connectivity index (χ1) is 10.0. The van der Waals surface area contributed by atoms with Crippen molar-refractivity contribution < 1.29 is 9.84 Å².